The van der Waals surface area contributed by atoms with Gasteiger partial charge >= 0.3 is 0 Å². The molecule has 1 aliphatic heterocycles. The van der Waals surface area contributed by atoms with Gasteiger partial charge in [0, 0.05) is 42.5 Å². The zero-order chi connectivity index (χ0) is 18.3. The number of carbonyl (C=O) groups is 1. The van der Waals surface area contributed by atoms with E-state index in [0.717, 1.165) is 38.6 Å². The molecule has 0 atom stereocenters. The van der Waals surface area contributed by atoms with Crippen molar-refractivity contribution in [1.82, 2.24) is 20.6 Å². The summed E-state index contributed by atoms with van der Waals surface area (Å²) < 4.78 is 0. The molecule has 0 unspecified atom stereocenters. The van der Waals surface area contributed by atoms with Gasteiger partial charge in [0.15, 0.2) is 0 Å². The molecule has 0 aromatic carbocycles. The first-order chi connectivity index (χ1) is 11.8. The number of rotatable bonds is 8. The first kappa shape index (κ1) is 19.6. The summed E-state index contributed by atoms with van der Waals surface area (Å²) in [6.45, 7) is 9.66. The van der Waals surface area contributed by atoms with Crippen LogP contribution in [0.1, 0.15) is 66.2 Å². The molecule has 3 N–H and O–H groups in total. The SMILES string of the molecule is CC1(C)CC(NC(=O)CCCCCNc2ncccn2)CC(C)(C)N1. The van der Waals surface area contributed by atoms with Crippen LogP contribution in [0.4, 0.5) is 5.95 Å². The van der Waals surface area contributed by atoms with Gasteiger partial charge in [0.1, 0.15) is 0 Å². The van der Waals surface area contributed by atoms with Gasteiger partial charge in [0.25, 0.3) is 0 Å². The number of nitrogens with zero attached hydrogens (tertiary/aromatic N) is 2. The van der Waals surface area contributed by atoms with Crippen molar-refractivity contribution in [2.45, 2.75) is 83.3 Å². The summed E-state index contributed by atoms with van der Waals surface area (Å²) in [5.41, 5.74) is 0.121. The van der Waals surface area contributed by atoms with E-state index in [4.69, 9.17) is 0 Å². The van der Waals surface area contributed by atoms with Crippen molar-refractivity contribution in [3.05, 3.63) is 18.5 Å². The van der Waals surface area contributed by atoms with Crippen molar-refractivity contribution in [2.24, 2.45) is 0 Å². The highest BCUT2D eigenvalue weighted by atomic mass is 16.1. The lowest BCUT2D eigenvalue weighted by molar-refractivity contribution is -0.122. The van der Waals surface area contributed by atoms with Gasteiger partial charge in [-0.25, -0.2) is 9.97 Å². The maximum Gasteiger partial charge on any atom is 0.222 e. The van der Waals surface area contributed by atoms with E-state index in [9.17, 15) is 4.79 Å². The zero-order valence-corrected chi connectivity index (χ0v) is 16.1. The number of carbonyl (C=O) groups excluding carboxylic acids is 1. The number of piperidine rings is 1. The number of hydrogen-bond acceptors (Lipinski definition) is 5. The lowest BCUT2D eigenvalue weighted by atomic mass is 9.79. The van der Waals surface area contributed by atoms with Crippen LogP contribution in [0.25, 0.3) is 0 Å². The van der Waals surface area contributed by atoms with Crippen LogP contribution in [0.3, 0.4) is 0 Å². The van der Waals surface area contributed by atoms with Gasteiger partial charge < -0.3 is 16.0 Å². The van der Waals surface area contributed by atoms with E-state index in [2.05, 4.69) is 53.6 Å². The molecule has 1 aromatic heterocycles. The second kappa shape index (κ2) is 8.61. The number of hydrogen-bond donors (Lipinski definition) is 3. The molecule has 1 saturated heterocycles. The van der Waals surface area contributed by atoms with E-state index in [1.165, 1.54) is 0 Å². The highest BCUT2D eigenvalue weighted by Crippen LogP contribution is 2.28. The molecule has 2 rings (SSSR count). The Kier molecular flexibility index (Phi) is 6.76. The monoisotopic (exact) mass is 347 g/mol. The fraction of sp³-hybridized carbons (Fsp3) is 0.737. The summed E-state index contributed by atoms with van der Waals surface area (Å²) in [6, 6.07) is 2.06. The number of amides is 1. The summed E-state index contributed by atoms with van der Waals surface area (Å²) >= 11 is 0. The van der Waals surface area contributed by atoms with Crippen LogP contribution >= 0.6 is 0 Å². The van der Waals surface area contributed by atoms with Crippen molar-refractivity contribution < 1.29 is 4.79 Å². The van der Waals surface area contributed by atoms with E-state index in [1.54, 1.807) is 18.5 Å². The topological polar surface area (TPSA) is 78.9 Å². The Balaban J connectivity index is 1.59. The molecule has 25 heavy (non-hydrogen) atoms. The number of anilines is 1. The van der Waals surface area contributed by atoms with Crippen LogP contribution in [0.15, 0.2) is 18.5 Å². The standard InChI is InChI=1S/C19H33N5O/c1-18(2)13-15(14-19(3,4)24-18)23-16(25)9-6-5-7-10-20-17-21-11-8-12-22-17/h8,11-12,15,24H,5-7,9-10,13-14H2,1-4H3,(H,23,25)(H,20,21,22). The fourth-order valence-corrected chi connectivity index (χ4v) is 3.90. The van der Waals surface area contributed by atoms with Gasteiger partial charge in [-0.2, -0.15) is 0 Å². The summed E-state index contributed by atoms with van der Waals surface area (Å²) in [4.78, 5) is 20.5. The first-order valence-corrected chi connectivity index (χ1v) is 9.35. The molecule has 6 heteroatoms. The molecule has 0 aliphatic carbocycles. The normalized spacial score (nSPS) is 19.4. The number of aromatic nitrogens is 2. The molecule has 0 spiro atoms. The van der Waals surface area contributed by atoms with E-state index in [0.29, 0.717) is 12.4 Å². The minimum Gasteiger partial charge on any atom is -0.354 e. The van der Waals surface area contributed by atoms with Gasteiger partial charge in [-0.15, -0.1) is 0 Å². The zero-order valence-electron chi connectivity index (χ0n) is 16.1. The van der Waals surface area contributed by atoms with Crippen LogP contribution in [-0.2, 0) is 4.79 Å². The number of nitrogens with one attached hydrogen (secondary N) is 3. The highest BCUT2D eigenvalue weighted by Gasteiger charge is 2.37. The molecule has 1 aromatic rings. The maximum atomic E-state index is 12.2. The summed E-state index contributed by atoms with van der Waals surface area (Å²) in [6.07, 6.45) is 8.96. The quantitative estimate of drug-likeness (QED) is 0.630. The van der Waals surface area contributed by atoms with Crippen LogP contribution in [0.2, 0.25) is 0 Å². The smallest absolute Gasteiger partial charge is 0.222 e. The van der Waals surface area contributed by atoms with Gasteiger partial charge in [0.2, 0.25) is 11.9 Å². The summed E-state index contributed by atoms with van der Waals surface area (Å²) in [5, 5.41) is 10.1. The van der Waals surface area contributed by atoms with E-state index in [-0.39, 0.29) is 23.0 Å². The fourth-order valence-electron chi connectivity index (χ4n) is 3.90. The third kappa shape index (κ3) is 7.38. The number of unbranched alkanes of at least 4 members (excludes halogenated alkanes) is 2. The lowest BCUT2D eigenvalue weighted by Gasteiger charge is -2.46. The Morgan fingerprint density at radius 2 is 1.76 bits per heavy atom. The van der Waals surface area contributed by atoms with E-state index >= 15 is 0 Å². The molecule has 140 valence electrons. The minimum atomic E-state index is 0.0604. The summed E-state index contributed by atoms with van der Waals surface area (Å²) in [5.74, 6) is 0.842. The molecule has 1 aliphatic rings. The molecule has 0 radical (unpaired) electrons. The van der Waals surface area contributed by atoms with Gasteiger partial charge in [-0.1, -0.05) is 6.42 Å². The van der Waals surface area contributed by atoms with Crippen molar-refractivity contribution >= 4 is 11.9 Å². The molecule has 1 amide bonds. The Hall–Kier alpha value is -1.69. The van der Waals surface area contributed by atoms with Crippen molar-refractivity contribution in [1.29, 1.82) is 0 Å². The third-order valence-corrected chi connectivity index (χ3v) is 4.48. The van der Waals surface area contributed by atoms with E-state index in [1.807, 2.05) is 0 Å². The van der Waals surface area contributed by atoms with E-state index < -0.39 is 0 Å². The second-order valence-corrected chi connectivity index (χ2v) is 8.38. The Bertz CT molecular complexity index is 528. The molecular weight excluding hydrogens is 314 g/mol. The maximum absolute atomic E-state index is 12.2. The van der Waals surface area contributed by atoms with Gasteiger partial charge in [-0.05, 0) is 59.4 Å². The van der Waals surface area contributed by atoms with Crippen LogP contribution < -0.4 is 16.0 Å². The predicted molar refractivity (Wildman–Crippen MR) is 101 cm³/mol. The van der Waals surface area contributed by atoms with Crippen LogP contribution in [0.5, 0.6) is 0 Å². The molecule has 1 fully saturated rings. The second-order valence-electron chi connectivity index (χ2n) is 8.38. The molecule has 0 saturated carbocycles. The van der Waals surface area contributed by atoms with Crippen LogP contribution in [-0.4, -0.2) is 39.5 Å². The van der Waals surface area contributed by atoms with Crippen molar-refractivity contribution in [3.63, 3.8) is 0 Å². The highest BCUT2D eigenvalue weighted by molar-refractivity contribution is 5.76. The molecular formula is C19H33N5O. The first-order valence-electron chi connectivity index (χ1n) is 9.35. The van der Waals surface area contributed by atoms with Crippen molar-refractivity contribution in [3.8, 4) is 0 Å². The van der Waals surface area contributed by atoms with Crippen LogP contribution in [0, 0.1) is 0 Å². The minimum absolute atomic E-state index is 0.0604. The summed E-state index contributed by atoms with van der Waals surface area (Å²) in [7, 11) is 0. The van der Waals surface area contributed by atoms with Gasteiger partial charge in [-0.3, -0.25) is 4.79 Å². The molecule has 6 nitrogen and oxygen atoms in total. The van der Waals surface area contributed by atoms with Gasteiger partial charge in [0.05, 0.1) is 0 Å². The average molecular weight is 348 g/mol. The average Bonchev–Trinajstić information content (AvgIpc) is 2.48. The Labute approximate surface area is 151 Å². The largest absolute Gasteiger partial charge is 0.354 e. The van der Waals surface area contributed by atoms with Crippen molar-refractivity contribution in [2.75, 3.05) is 11.9 Å². The predicted octanol–water partition coefficient (Wildman–Crippen LogP) is 2.87. The third-order valence-electron chi connectivity index (χ3n) is 4.48. The Morgan fingerprint density at radius 3 is 2.40 bits per heavy atom. The Morgan fingerprint density at radius 1 is 1.12 bits per heavy atom. The molecule has 0 bridgehead atoms. The molecule has 2 heterocycles. The lowest BCUT2D eigenvalue weighted by Crippen LogP contribution is -2.62.